The zero-order valence-electron chi connectivity index (χ0n) is 13.2. The normalized spacial score (nSPS) is 13.4. The van der Waals surface area contributed by atoms with Crippen molar-refractivity contribution < 1.29 is 12.9 Å². The van der Waals surface area contributed by atoms with Crippen molar-refractivity contribution in [3.63, 3.8) is 0 Å². The molecule has 1 unspecified atom stereocenters. The molecule has 0 spiro atoms. The monoisotopic (exact) mass is 358 g/mol. The van der Waals surface area contributed by atoms with E-state index >= 15 is 0 Å². The van der Waals surface area contributed by atoms with Gasteiger partial charge in [-0.15, -0.1) is 0 Å². The molecule has 0 fully saturated rings. The van der Waals surface area contributed by atoms with Crippen LogP contribution >= 0.6 is 11.6 Å². The summed E-state index contributed by atoms with van der Waals surface area (Å²) in [5, 5.41) is 7.41. The number of nitrogens with zero attached hydrogens (tertiary/aromatic N) is 3. The number of halogens is 1. The highest BCUT2D eigenvalue weighted by Crippen LogP contribution is 2.18. The van der Waals surface area contributed by atoms with Crippen LogP contribution in [0.1, 0.15) is 18.6 Å². The van der Waals surface area contributed by atoms with Crippen molar-refractivity contribution in [1.29, 1.82) is 0 Å². The Balaban J connectivity index is 2.09. The highest BCUT2D eigenvalue weighted by atomic mass is 35.5. The summed E-state index contributed by atoms with van der Waals surface area (Å²) >= 11 is 5.78. The number of sulfonamides is 1. The zero-order chi connectivity index (χ0) is 17.0. The Bertz CT molecular complexity index is 746. The largest absolute Gasteiger partial charge is 0.338 e. The van der Waals surface area contributed by atoms with Gasteiger partial charge in [0, 0.05) is 24.5 Å². The molecule has 0 saturated carbocycles. The number of hydrogen-bond acceptors (Lipinski definition) is 6. The predicted molar refractivity (Wildman–Crippen MR) is 86.6 cm³/mol. The van der Waals surface area contributed by atoms with Gasteiger partial charge in [-0.2, -0.15) is 9.29 Å². The van der Waals surface area contributed by atoms with Crippen molar-refractivity contribution >= 4 is 21.6 Å². The van der Waals surface area contributed by atoms with Crippen LogP contribution in [0.25, 0.3) is 0 Å². The Morgan fingerprint density at radius 3 is 2.61 bits per heavy atom. The van der Waals surface area contributed by atoms with E-state index in [2.05, 4.69) is 15.5 Å². The highest BCUT2D eigenvalue weighted by molar-refractivity contribution is 7.89. The summed E-state index contributed by atoms with van der Waals surface area (Å²) in [6.45, 7) is 2.00. The third kappa shape index (κ3) is 4.51. The Morgan fingerprint density at radius 2 is 2.00 bits per heavy atom. The molecule has 0 bridgehead atoms. The van der Waals surface area contributed by atoms with E-state index in [1.807, 2.05) is 14.0 Å². The maximum Gasteiger partial charge on any atom is 0.243 e. The third-order valence-electron chi connectivity index (χ3n) is 3.37. The molecule has 0 radical (unpaired) electrons. The van der Waals surface area contributed by atoms with Crippen molar-refractivity contribution in [3.05, 3.63) is 41.0 Å². The number of aromatic nitrogens is 2. The smallest absolute Gasteiger partial charge is 0.243 e. The number of rotatable bonds is 7. The van der Waals surface area contributed by atoms with Gasteiger partial charge in [-0.3, -0.25) is 0 Å². The minimum absolute atomic E-state index is 0.00585. The third-order valence-corrected chi connectivity index (χ3v) is 5.44. The molecule has 1 aromatic heterocycles. The minimum Gasteiger partial charge on any atom is -0.338 e. The molecule has 0 amide bonds. The molecule has 1 heterocycles. The van der Waals surface area contributed by atoms with Crippen LogP contribution in [0.5, 0.6) is 0 Å². The van der Waals surface area contributed by atoms with E-state index in [0.29, 0.717) is 17.3 Å². The van der Waals surface area contributed by atoms with Crippen molar-refractivity contribution in [2.24, 2.45) is 0 Å². The fourth-order valence-electron chi connectivity index (χ4n) is 1.88. The van der Waals surface area contributed by atoms with E-state index in [0.717, 1.165) is 4.31 Å². The van der Waals surface area contributed by atoms with Gasteiger partial charge in [0.05, 0.1) is 11.4 Å². The van der Waals surface area contributed by atoms with Gasteiger partial charge in [0.1, 0.15) is 0 Å². The van der Waals surface area contributed by atoms with E-state index in [4.69, 9.17) is 16.1 Å². The molecule has 0 aliphatic rings. The summed E-state index contributed by atoms with van der Waals surface area (Å²) in [5.74, 6) is 0.794. The van der Waals surface area contributed by atoms with Gasteiger partial charge in [-0.1, -0.05) is 16.8 Å². The van der Waals surface area contributed by atoms with Gasteiger partial charge >= 0.3 is 0 Å². The van der Waals surface area contributed by atoms with E-state index in [-0.39, 0.29) is 23.4 Å². The predicted octanol–water partition coefficient (Wildman–Crippen LogP) is 1.69. The van der Waals surface area contributed by atoms with E-state index in [9.17, 15) is 8.42 Å². The second kappa shape index (κ2) is 7.39. The topological polar surface area (TPSA) is 88.3 Å². The molecule has 2 aromatic rings. The van der Waals surface area contributed by atoms with Crippen LogP contribution in [-0.2, 0) is 23.0 Å². The number of likely N-dealkylation sites (N-methyl/N-ethyl adjacent to an activating group) is 1. The summed E-state index contributed by atoms with van der Waals surface area (Å²) < 4.78 is 31.2. The highest BCUT2D eigenvalue weighted by Gasteiger charge is 2.23. The molecule has 23 heavy (non-hydrogen) atoms. The van der Waals surface area contributed by atoms with Crippen LogP contribution in [0, 0.1) is 0 Å². The molecule has 0 aliphatic heterocycles. The molecule has 9 heteroatoms. The van der Waals surface area contributed by atoms with Crippen molar-refractivity contribution in [3.8, 4) is 0 Å². The Labute approximate surface area is 140 Å². The van der Waals surface area contributed by atoms with Crippen LogP contribution in [0.15, 0.2) is 33.7 Å². The van der Waals surface area contributed by atoms with Gasteiger partial charge in [0.25, 0.3) is 0 Å². The lowest BCUT2D eigenvalue weighted by Crippen LogP contribution is -2.26. The molecule has 1 atom stereocenters. The summed E-state index contributed by atoms with van der Waals surface area (Å²) in [5.41, 5.74) is 0. The zero-order valence-corrected chi connectivity index (χ0v) is 14.7. The van der Waals surface area contributed by atoms with Crippen LogP contribution in [0.4, 0.5) is 0 Å². The fourth-order valence-corrected chi connectivity index (χ4v) is 3.12. The average Bonchev–Trinajstić information content (AvgIpc) is 2.94. The molecular formula is C14H19ClN4O3S. The number of benzene rings is 1. The lowest BCUT2D eigenvalue weighted by Gasteiger charge is -2.15. The number of nitrogens with one attached hydrogen (secondary N) is 1. The first-order valence-electron chi connectivity index (χ1n) is 7.03. The standard InChI is InChI=1S/C14H19ClN4O3S/c1-10(16-2)8-13-17-14(22-18-13)9-19(3)23(20,21)12-6-4-11(15)5-7-12/h4-7,10,16H,8-9H2,1-3H3. The molecule has 2 rings (SSSR count). The molecule has 1 N–H and O–H groups in total. The first-order chi connectivity index (χ1) is 10.8. The first-order valence-corrected chi connectivity index (χ1v) is 8.85. The minimum atomic E-state index is -3.64. The second-order valence-corrected chi connectivity index (χ2v) is 7.69. The summed E-state index contributed by atoms with van der Waals surface area (Å²) in [6.07, 6.45) is 0.605. The fraction of sp³-hybridized carbons (Fsp3) is 0.429. The Morgan fingerprint density at radius 1 is 1.35 bits per heavy atom. The Hall–Kier alpha value is -1.48. The SMILES string of the molecule is CNC(C)Cc1noc(CN(C)S(=O)(=O)c2ccc(Cl)cc2)n1. The van der Waals surface area contributed by atoms with Crippen molar-refractivity contribution in [2.75, 3.05) is 14.1 Å². The maximum absolute atomic E-state index is 12.5. The van der Waals surface area contributed by atoms with E-state index < -0.39 is 10.0 Å². The number of hydrogen-bond donors (Lipinski definition) is 1. The molecule has 0 saturated heterocycles. The summed E-state index contributed by atoms with van der Waals surface area (Å²) in [6, 6.07) is 6.19. The summed E-state index contributed by atoms with van der Waals surface area (Å²) in [7, 11) is -0.330. The summed E-state index contributed by atoms with van der Waals surface area (Å²) in [4.78, 5) is 4.37. The van der Waals surface area contributed by atoms with Crippen molar-refractivity contribution in [1.82, 2.24) is 19.8 Å². The van der Waals surface area contributed by atoms with Gasteiger partial charge in [-0.05, 0) is 38.2 Å². The molecule has 1 aromatic carbocycles. The second-order valence-electron chi connectivity index (χ2n) is 5.21. The lowest BCUT2D eigenvalue weighted by atomic mass is 10.2. The molecular weight excluding hydrogens is 340 g/mol. The lowest BCUT2D eigenvalue weighted by molar-refractivity contribution is 0.333. The van der Waals surface area contributed by atoms with E-state index in [1.165, 1.54) is 31.3 Å². The van der Waals surface area contributed by atoms with Crippen LogP contribution in [0.2, 0.25) is 5.02 Å². The first kappa shape index (κ1) is 17.9. The average molecular weight is 359 g/mol. The van der Waals surface area contributed by atoms with Crippen LogP contribution in [-0.4, -0.2) is 43.0 Å². The van der Waals surface area contributed by atoms with Gasteiger partial charge in [0.2, 0.25) is 15.9 Å². The molecule has 7 nitrogen and oxygen atoms in total. The maximum atomic E-state index is 12.5. The van der Waals surface area contributed by atoms with Crippen molar-refractivity contribution in [2.45, 2.75) is 30.8 Å². The quantitative estimate of drug-likeness (QED) is 0.810. The van der Waals surface area contributed by atoms with Crippen LogP contribution in [0.3, 0.4) is 0 Å². The van der Waals surface area contributed by atoms with Gasteiger partial charge < -0.3 is 9.84 Å². The molecule has 0 aliphatic carbocycles. The van der Waals surface area contributed by atoms with Crippen LogP contribution < -0.4 is 5.32 Å². The van der Waals surface area contributed by atoms with Gasteiger partial charge in [0.15, 0.2) is 5.82 Å². The Kier molecular flexibility index (Phi) is 5.74. The van der Waals surface area contributed by atoms with Gasteiger partial charge in [-0.25, -0.2) is 8.42 Å². The molecule has 126 valence electrons. The van der Waals surface area contributed by atoms with E-state index in [1.54, 1.807) is 0 Å².